The van der Waals surface area contributed by atoms with Crippen LogP contribution in [-0.4, -0.2) is 37.7 Å². The van der Waals surface area contributed by atoms with E-state index in [-0.39, 0.29) is 16.5 Å². The van der Waals surface area contributed by atoms with Crippen LogP contribution < -0.4 is 14.4 Å². The van der Waals surface area contributed by atoms with Gasteiger partial charge in [0.1, 0.15) is 13.2 Å². The third-order valence-electron chi connectivity index (χ3n) is 4.62. The first-order chi connectivity index (χ1) is 13.0. The van der Waals surface area contributed by atoms with Gasteiger partial charge in [0.15, 0.2) is 17.6 Å². The molecular formula is C20H18ClNO5. The number of carbonyl (C=O) groups is 2. The van der Waals surface area contributed by atoms with Crippen molar-refractivity contribution in [1.82, 2.24) is 0 Å². The van der Waals surface area contributed by atoms with Crippen molar-refractivity contribution in [3.8, 4) is 11.5 Å². The van der Waals surface area contributed by atoms with Crippen LogP contribution in [0.1, 0.15) is 22.8 Å². The number of ether oxygens (including phenoxy) is 3. The maximum absolute atomic E-state index is 12.8. The summed E-state index contributed by atoms with van der Waals surface area (Å²) >= 11 is 6.16. The number of para-hydroxylation sites is 1. The Hall–Kier alpha value is -2.73. The normalized spacial score (nSPS) is 15.9. The number of esters is 1. The van der Waals surface area contributed by atoms with Crippen molar-refractivity contribution in [2.24, 2.45) is 0 Å². The van der Waals surface area contributed by atoms with Gasteiger partial charge in [-0.3, -0.25) is 4.79 Å². The molecule has 140 valence electrons. The highest BCUT2D eigenvalue weighted by molar-refractivity contribution is 6.32. The maximum atomic E-state index is 12.8. The molecule has 0 radical (unpaired) electrons. The summed E-state index contributed by atoms with van der Waals surface area (Å²) in [5, 5.41) is 0.270. The molecule has 27 heavy (non-hydrogen) atoms. The predicted molar refractivity (Wildman–Crippen MR) is 99.8 cm³/mol. The van der Waals surface area contributed by atoms with E-state index in [9.17, 15) is 9.59 Å². The average Bonchev–Trinajstić information content (AvgIpc) is 3.11. The first-order valence-corrected chi connectivity index (χ1v) is 9.12. The SMILES string of the molecule is CC(OC(=O)c1cc(Cl)c2c(c1)OCCO2)C(=O)N1CCc2ccccc21. The zero-order valence-electron chi connectivity index (χ0n) is 14.7. The molecule has 2 heterocycles. The summed E-state index contributed by atoms with van der Waals surface area (Å²) < 4.78 is 16.3. The molecule has 2 aromatic carbocycles. The average molecular weight is 388 g/mol. The number of nitrogens with zero attached hydrogens (tertiary/aromatic N) is 1. The topological polar surface area (TPSA) is 65.1 Å². The highest BCUT2D eigenvalue weighted by Gasteiger charge is 2.30. The zero-order chi connectivity index (χ0) is 19.0. The molecule has 0 aromatic heterocycles. The second-order valence-corrected chi connectivity index (χ2v) is 6.81. The van der Waals surface area contributed by atoms with Crippen LogP contribution in [0.3, 0.4) is 0 Å². The summed E-state index contributed by atoms with van der Waals surface area (Å²) in [4.78, 5) is 26.9. The van der Waals surface area contributed by atoms with Crippen molar-refractivity contribution in [1.29, 1.82) is 0 Å². The summed E-state index contributed by atoms with van der Waals surface area (Å²) in [6.45, 7) is 2.93. The van der Waals surface area contributed by atoms with E-state index in [2.05, 4.69) is 0 Å². The molecule has 0 spiro atoms. The highest BCUT2D eigenvalue weighted by atomic mass is 35.5. The van der Waals surface area contributed by atoms with Crippen LogP contribution in [-0.2, 0) is 16.0 Å². The molecule has 2 aromatic rings. The lowest BCUT2D eigenvalue weighted by Gasteiger charge is -2.22. The smallest absolute Gasteiger partial charge is 0.339 e. The molecular weight excluding hydrogens is 370 g/mol. The summed E-state index contributed by atoms with van der Waals surface area (Å²) in [6.07, 6.45) is -0.129. The number of anilines is 1. The molecule has 0 saturated carbocycles. The summed E-state index contributed by atoms with van der Waals surface area (Å²) in [7, 11) is 0. The van der Waals surface area contributed by atoms with Crippen molar-refractivity contribution in [2.45, 2.75) is 19.4 Å². The van der Waals surface area contributed by atoms with Gasteiger partial charge in [0.05, 0.1) is 10.6 Å². The summed E-state index contributed by atoms with van der Waals surface area (Å²) in [5.41, 5.74) is 2.20. The fourth-order valence-corrected chi connectivity index (χ4v) is 3.56. The van der Waals surface area contributed by atoms with Gasteiger partial charge in [0, 0.05) is 12.2 Å². The van der Waals surface area contributed by atoms with Crippen LogP contribution >= 0.6 is 11.6 Å². The number of hydrogen-bond donors (Lipinski definition) is 0. The van der Waals surface area contributed by atoms with Crippen molar-refractivity contribution in [2.75, 3.05) is 24.7 Å². The number of carbonyl (C=O) groups excluding carboxylic acids is 2. The van der Waals surface area contributed by atoms with Crippen LogP contribution in [0.25, 0.3) is 0 Å². The van der Waals surface area contributed by atoms with Gasteiger partial charge in [0.25, 0.3) is 5.91 Å². The van der Waals surface area contributed by atoms with Gasteiger partial charge in [-0.15, -0.1) is 0 Å². The molecule has 0 aliphatic carbocycles. The Kier molecular flexibility index (Phi) is 4.66. The van der Waals surface area contributed by atoms with E-state index in [1.165, 1.54) is 12.1 Å². The second-order valence-electron chi connectivity index (χ2n) is 6.40. The van der Waals surface area contributed by atoms with Crippen LogP contribution in [0, 0.1) is 0 Å². The first-order valence-electron chi connectivity index (χ1n) is 8.74. The molecule has 1 unspecified atom stereocenters. The number of hydrogen-bond acceptors (Lipinski definition) is 5. The molecule has 0 N–H and O–H groups in total. The van der Waals surface area contributed by atoms with Gasteiger partial charge in [-0.25, -0.2) is 4.79 Å². The quantitative estimate of drug-likeness (QED) is 0.756. The van der Waals surface area contributed by atoms with Gasteiger partial charge >= 0.3 is 5.97 Å². The molecule has 0 fully saturated rings. The van der Waals surface area contributed by atoms with E-state index in [1.807, 2.05) is 24.3 Å². The van der Waals surface area contributed by atoms with Gasteiger partial charge in [-0.2, -0.15) is 0 Å². The zero-order valence-corrected chi connectivity index (χ0v) is 15.5. The lowest BCUT2D eigenvalue weighted by Crippen LogP contribution is -2.39. The molecule has 0 bridgehead atoms. The van der Waals surface area contributed by atoms with Crippen LogP contribution in [0.4, 0.5) is 5.69 Å². The first kappa shape index (κ1) is 17.7. The van der Waals surface area contributed by atoms with Crippen molar-refractivity contribution in [3.63, 3.8) is 0 Å². The molecule has 1 atom stereocenters. The lowest BCUT2D eigenvalue weighted by molar-refractivity contribution is -0.126. The van der Waals surface area contributed by atoms with Gasteiger partial charge in [0.2, 0.25) is 0 Å². The van der Waals surface area contributed by atoms with Crippen molar-refractivity contribution in [3.05, 3.63) is 52.5 Å². The Balaban J connectivity index is 1.48. The second kappa shape index (κ2) is 7.12. The van der Waals surface area contributed by atoms with E-state index < -0.39 is 12.1 Å². The van der Waals surface area contributed by atoms with E-state index in [0.717, 1.165) is 17.7 Å². The molecule has 7 heteroatoms. The third kappa shape index (κ3) is 3.32. The number of fused-ring (bicyclic) bond motifs is 2. The van der Waals surface area contributed by atoms with Crippen LogP contribution in [0.5, 0.6) is 11.5 Å². The van der Waals surface area contributed by atoms with Gasteiger partial charge < -0.3 is 19.1 Å². The molecule has 2 aliphatic rings. The Labute approximate surface area is 161 Å². The minimum Gasteiger partial charge on any atom is -0.486 e. The molecule has 2 aliphatic heterocycles. The molecule has 0 saturated heterocycles. The number of rotatable bonds is 3. The third-order valence-corrected chi connectivity index (χ3v) is 4.90. The Bertz CT molecular complexity index is 913. The number of halogens is 1. The maximum Gasteiger partial charge on any atom is 0.339 e. The summed E-state index contributed by atoms with van der Waals surface area (Å²) in [6, 6.07) is 10.7. The fraction of sp³-hybridized carbons (Fsp3) is 0.300. The standard InChI is InChI=1S/C20H18ClNO5/c1-12(19(23)22-7-6-13-4-2-3-5-16(13)22)27-20(24)14-10-15(21)18-17(11-14)25-8-9-26-18/h2-5,10-12H,6-9H2,1H3. The van der Waals surface area contributed by atoms with E-state index in [0.29, 0.717) is 31.3 Å². The Morgan fingerprint density at radius 2 is 1.96 bits per heavy atom. The minimum atomic E-state index is -0.921. The monoisotopic (exact) mass is 387 g/mol. The van der Waals surface area contributed by atoms with Gasteiger partial charge in [-0.05, 0) is 37.1 Å². The largest absolute Gasteiger partial charge is 0.486 e. The summed E-state index contributed by atoms with van der Waals surface area (Å²) in [5.74, 6) is -0.0791. The number of benzene rings is 2. The number of amides is 1. The van der Waals surface area contributed by atoms with Crippen molar-refractivity contribution >= 4 is 29.2 Å². The van der Waals surface area contributed by atoms with Crippen LogP contribution in [0.2, 0.25) is 5.02 Å². The fourth-order valence-electron chi connectivity index (χ4n) is 3.29. The molecule has 4 rings (SSSR count). The van der Waals surface area contributed by atoms with Crippen LogP contribution in [0.15, 0.2) is 36.4 Å². The van der Waals surface area contributed by atoms with E-state index >= 15 is 0 Å². The Morgan fingerprint density at radius 3 is 2.81 bits per heavy atom. The van der Waals surface area contributed by atoms with Gasteiger partial charge in [-0.1, -0.05) is 29.8 Å². The predicted octanol–water partition coefficient (Wildman–Crippen LogP) is 3.25. The highest BCUT2D eigenvalue weighted by Crippen LogP contribution is 2.38. The molecule has 6 nitrogen and oxygen atoms in total. The molecule has 1 amide bonds. The Morgan fingerprint density at radius 1 is 1.19 bits per heavy atom. The van der Waals surface area contributed by atoms with E-state index in [4.69, 9.17) is 25.8 Å². The minimum absolute atomic E-state index is 0.214. The van der Waals surface area contributed by atoms with E-state index in [1.54, 1.807) is 11.8 Å². The lowest BCUT2D eigenvalue weighted by atomic mass is 10.2. The van der Waals surface area contributed by atoms with Crippen molar-refractivity contribution < 1.29 is 23.8 Å².